The van der Waals surface area contributed by atoms with Crippen LogP contribution in [0.3, 0.4) is 0 Å². The Morgan fingerprint density at radius 3 is 2.65 bits per heavy atom. The van der Waals surface area contributed by atoms with Gasteiger partial charge in [0.2, 0.25) is 11.8 Å². The van der Waals surface area contributed by atoms with Gasteiger partial charge in [-0.05, 0) is 36.2 Å². The summed E-state index contributed by atoms with van der Waals surface area (Å²) in [5.41, 5.74) is 1.78. The van der Waals surface area contributed by atoms with E-state index >= 15 is 0 Å². The molecule has 2 aromatic rings. The molecule has 0 saturated carbocycles. The normalized spacial score (nSPS) is 16.6. The summed E-state index contributed by atoms with van der Waals surface area (Å²) in [5, 5.41) is 3.44. The number of para-hydroxylation sites is 1. The van der Waals surface area contributed by atoms with Gasteiger partial charge in [0.05, 0.1) is 23.7 Å². The number of anilines is 1. The van der Waals surface area contributed by atoms with Gasteiger partial charge in [-0.3, -0.25) is 9.59 Å². The van der Waals surface area contributed by atoms with E-state index in [9.17, 15) is 9.59 Å². The fourth-order valence-electron chi connectivity index (χ4n) is 3.05. The topological polar surface area (TPSA) is 58.6 Å². The molecule has 1 saturated heterocycles. The highest BCUT2D eigenvalue weighted by Gasteiger charge is 2.35. The van der Waals surface area contributed by atoms with Crippen LogP contribution in [0.1, 0.15) is 12.0 Å². The lowest BCUT2D eigenvalue weighted by atomic mass is 10.1. The second-order valence-corrected chi connectivity index (χ2v) is 6.65. The summed E-state index contributed by atoms with van der Waals surface area (Å²) in [6.07, 6.45) is 0.935. The maximum Gasteiger partial charge on any atom is 0.227 e. The van der Waals surface area contributed by atoms with Crippen LogP contribution in [-0.2, 0) is 16.0 Å². The number of benzene rings is 2. The Morgan fingerprint density at radius 1 is 1.23 bits per heavy atom. The first-order chi connectivity index (χ1) is 12.6. The number of nitrogens with one attached hydrogen (secondary N) is 1. The first kappa shape index (κ1) is 18.3. The number of nitrogens with zero attached hydrogens (tertiary/aromatic N) is 1. The van der Waals surface area contributed by atoms with Crippen molar-refractivity contribution in [1.29, 1.82) is 0 Å². The van der Waals surface area contributed by atoms with Gasteiger partial charge in [0.1, 0.15) is 5.75 Å². The van der Waals surface area contributed by atoms with Gasteiger partial charge in [0.15, 0.2) is 0 Å². The van der Waals surface area contributed by atoms with Crippen LogP contribution in [0.2, 0.25) is 5.02 Å². The maximum atomic E-state index is 12.4. The summed E-state index contributed by atoms with van der Waals surface area (Å²) in [7, 11) is 1.63. The van der Waals surface area contributed by atoms with E-state index in [2.05, 4.69) is 5.32 Å². The van der Waals surface area contributed by atoms with Crippen LogP contribution >= 0.6 is 11.6 Å². The molecule has 1 N–H and O–H groups in total. The number of ether oxygens (including phenoxy) is 1. The van der Waals surface area contributed by atoms with E-state index in [0.29, 0.717) is 23.8 Å². The minimum atomic E-state index is -0.352. The molecule has 0 aliphatic carbocycles. The van der Waals surface area contributed by atoms with Crippen molar-refractivity contribution in [1.82, 2.24) is 5.32 Å². The fourth-order valence-corrected chi connectivity index (χ4v) is 3.29. The van der Waals surface area contributed by atoms with Gasteiger partial charge in [0.25, 0.3) is 0 Å². The Balaban J connectivity index is 1.52. The zero-order valence-electron chi connectivity index (χ0n) is 14.6. The molecular formula is C20H21ClN2O3. The van der Waals surface area contributed by atoms with Crippen molar-refractivity contribution < 1.29 is 14.3 Å². The number of carbonyl (C=O) groups is 2. The molecule has 6 heteroatoms. The molecule has 0 bridgehead atoms. The molecule has 1 aliphatic heterocycles. The number of carbonyl (C=O) groups excluding carboxylic acids is 2. The SMILES string of the molecule is COc1ccc(CCNC(=O)C2CC(=O)N(c3ccccc3Cl)C2)cc1. The first-order valence-electron chi connectivity index (χ1n) is 8.54. The monoisotopic (exact) mass is 372 g/mol. The van der Waals surface area contributed by atoms with Crippen LogP contribution in [0.4, 0.5) is 5.69 Å². The lowest BCUT2D eigenvalue weighted by Crippen LogP contribution is -2.34. The van der Waals surface area contributed by atoms with Crippen molar-refractivity contribution in [2.24, 2.45) is 5.92 Å². The lowest BCUT2D eigenvalue weighted by molar-refractivity contribution is -0.126. The summed E-state index contributed by atoms with van der Waals surface area (Å²) in [4.78, 5) is 26.3. The standard InChI is InChI=1S/C20H21ClN2O3/c1-26-16-8-6-14(7-9-16)10-11-22-20(25)15-12-19(24)23(13-15)18-5-3-2-4-17(18)21/h2-9,15H,10-13H2,1H3,(H,22,25). The highest BCUT2D eigenvalue weighted by molar-refractivity contribution is 6.33. The largest absolute Gasteiger partial charge is 0.497 e. The Labute approximate surface area is 157 Å². The number of hydrogen-bond donors (Lipinski definition) is 1. The smallest absolute Gasteiger partial charge is 0.227 e. The molecule has 1 aliphatic rings. The van der Waals surface area contributed by atoms with Crippen LogP contribution in [0.15, 0.2) is 48.5 Å². The first-order valence-corrected chi connectivity index (χ1v) is 8.92. The summed E-state index contributed by atoms with van der Waals surface area (Å²) in [6, 6.07) is 14.9. The molecule has 1 unspecified atom stereocenters. The average Bonchev–Trinajstić information content (AvgIpc) is 3.04. The number of methoxy groups -OCH3 is 1. The minimum Gasteiger partial charge on any atom is -0.497 e. The van der Waals surface area contributed by atoms with Crippen molar-refractivity contribution in [3.63, 3.8) is 0 Å². The van der Waals surface area contributed by atoms with Gasteiger partial charge in [-0.2, -0.15) is 0 Å². The molecule has 0 spiro atoms. The number of halogens is 1. The van der Waals surface area contributed by atoms with E-state index in [1.807, 2.05) is 36.4 Å². The van der Waals surface area contributed by atoms with Gasteiger partial charge in [-0.1, -0.05) is 35.9 Å². The van der Waals surface area contributed by atoms with Crippen LogP contribution in [0.5, 0.6) is 5.75 Å². The molecule has 3 rings (SSSR count). The van der Waals surface area contributed by atoms with Gasteiger partial charge >= 0.3 is 0 Å². The van der Waals surface area contributed by atoms with Gasteiger partial charge in [-0.25, -0.2) is 0 Å². The minimum absolute atomic E-state index is 0.0756. The van der Waals surface area contributed by atoms with E-state index in [1.165, 1.54) is 0 Å². The number of rotatable bonds is 6. The molecule has 5 nitrogen and oxygen atoms in total. The lowest BCUT2D eigenvalue weighted by Gasteiger charge is -2.18. The van der Waals surface area contributed by atoms with Gasteiger partial charge < -0.3 is 15.0 Å². The van der Waals surface area contributed by atoms with E-state index in [1.54, 1.807) is 24.1 Å². The number of hydrogen-bond acceptors (Lipinski definition) is 3. The van der Waals surface area contributed by atoms with Crippen molar-refractivity contribution in [3.05, 3.63) is 59.1 Å². The van der Waals surface area contributed by atoms with Crippen LogP contribution in [0, 0.1) is 5.92 Å². The molecular weight excluding hydrogens is 352 g/mol. The van der Waals surface area contributed by atoms with Crippen molar-refractivity contribution in [2.45, 2.75) is 12.8 Å². The maximum absolute atomic E-state index is 12.4. The zero-order chi connectivity index (χ0) is 18.5. The van der Waals surface area contributed by atoms with Gasteiger partial charge in [-0.15, -0.1) is 0 Å². The van der Waals surface area contributed by atoms with E-state index in [0.717, 1.165) is 17.7 Å². The van der Waals surface area contributed by atoms with Crippen LogP contribution < -0.4 is 15.0 Å². The van der Waals surface area contributed by atoms with Crippen molar-refractivity contribution >= 4 is 29.1 Å². The predicted molar refractivity (Wildman–Crippen MR) is 102 cm³/mol. The molecule has 136 valence electrons. The molecule has 0 radical (unpaired) electrons. The average molecular weight is 373 g/mol. The molecule has 1 atom stereocenters. The highest BCUT2D eigenvalue weighted by atomic mass is 35.5. The summed E-state index contributed by atoms with van der Waals surface area (Å²) >= 11 is 6.17. The quantitative estimate of drug-likeness (QED) is 0.847. The molecule has 0 aromatic heterocycles. The molecule has 26 heavy (non-hydrogen) atoms. The Hall–Kier alpha value is -2.53. The van der Waals surface area contributed by atoms with E-state index in [4.69, 9.17) is 16.3 Å². The third-order valence-corrected chi connectivity index (χ3v) is 4.83. The third-order valence-electron chi connectivity index (χ3n) is 4.51. The van der Waals surface area contributed by atoms with E-state index in [-0.39, 0.29) is 24.2 Å². The third kappa shape index (κ3) is 4.17. The number of amides is 2. The van der Waals surface area contributed by atoms with E-state index < -0.39 is 0 Å². The molecule has 1 heterocycles. The Morgan fingerprint density at radius 2 is 1.96 bits per heavy atom. The summed E-state index contributed by atoms with van der Waals surface area (Å²) in [6.45, 7) is 0.888. The molecule has 1 fully saturated rings. The predicted octanol–water partition coefficient (Wildman–Crippen LogP) is 3.06. The Kier molecular flexibility index (Phi) is 5.78. The van der Waals surface area contributed by atoms with Crippen molar-refractivity contribution in [2.75, 3.05) is 25.1 Å². The fraction of sp³-hybridized carbons (Fsp3) is 0.300. The zero-order valence-corrected chi connectivity index (χ0v) is 15.3. The van der Waals surface area contributed by atoms with Crippen LogP contribution in [-0.4, -0.2) is 32.0 Å². The second-order valence-electron chi connectivity index (χ2n) is 6.25. The highest BCUT2D eigenvalue weighted by Crippen LogP contribution is 2.30. The van der Waals surface area contributed by atoms with Gasteiger partial charge in [0, 0.05) is 19.5 Å². The second kappa shape index (κ2) is 8.23. The molecule has 2 amide bonds. The summed E-state index contributed by atoms with van der Waals surface area (Å²) < 4.78 is 5.13. The summed E-state index contributed by atoms with van der Waals surface area (Å²) in [5.74, 6) is 0.284. The molecule has 2 aromatic carbocycles. The van der Waals surface area contributed by atoms with Crippen molar-refractivity contribution in [3.8, 4) is 5.75 Å². The Bertz CT molecular complexity index is 792. The van der Waals surface area contributed by atoms with Crippen LogP contribution in [0.25, 0.3) is 0 Å².